The number of thioether (sulfide) groups is 1. The van der Waals surface area contributed by atoms with Crippen LogP contribution in [0, 0.1) is 13.8 Å². The lowest BCUT2D eigenvalue weighted by molar-refractivity contribution is -0.120. The fourth-order valence-corrected chi connectivity index (χ4v) is 3.36. The van der Waals surface area contributed by atoms with E-state index in [9.17, 15) is 4.79 Å². The molecule has 2 N–H and O–H groups in total. The summed E-state index contributed by atoms with van der Waals surface area (Å²) in [5.74, 6) is 0.404. The zero-order valence-corrected chi connectivity index (χ0v) is 15.5. The Balaban J connectivity index is 2.63. The van der Waals surface area contributed by atoms with Crippen molar-refractivity contribution in [3.8, 4) is 0 Å². The molecule has 1 aromatic carbocycles. The van der Waals surface area contributed by atoms with Crippen molar-refractivity contribution in [2.75, 3.05) is 12.4 Å². The lowest BCUT2D eigenvalue weighted by Crippen LogP contribution is -2.46. The third-order valence-corrected chi connectivity index (χ3v) is 5.71. The minimum absolute atomic E-state index is 0.0118. The molecule has 0 aliphatic carbocycles. The Hall–Kier alpha value is -0.520. The molecule has 1 rings (SSSR count). The smallest absolute Gasteiger partial charge is 0.230 e. The van der Waals surface area contributed by atoms with Crippen molar-refractivity contribution in [2.45, 2.75) is 51.0 Å². The maximum Gasteiger partial charge on any atom is 0.230 e. The number of amides is 1. The number of hydrogen-bond donors (Lipinski definition) is 2. The standard InChI is InChI=1S/C16H24BrNO2S/c1-5-16(4,6-7-19)18-15(20)10-21-14-9-11(2)13(17)8-12(14)3/h8-9,19H,5-7,10H2,1-4H3,(H,18,20). The molecule has 0 saturated carbocycles. The zero-order valence-electron chi connectivity index (χ0n) is 13.1. The summed E-state index contributed by atoms with van der Waals surface area (Å²) < 4.78 is 1.09. The van der Waals surface area contributed by atoms with Crippen LogP contribution in [0.1, 0.15) is 37.8 Å². The molecule has 0 bridgehead atoms. The van der Waals surface area contributed by atoms with E-state index in [0.29, 0.717) is 12.2 Å². The minimum atomic E-state index is -0.322. The van der Waals surface area contributed by atoms with E-state index in [1.807, 2.05) is 27.7 Å². The van der Waals surface area contributed by atoms with Gasteiger partial charge in [0, 0.05) is 21.5 Å². The number of rotatable bonds is 7. The molecule has 5 heteroatoms. The maximum absolute atomic E-state index is 12.1. The van der Waals surface area contributed by atoms with Gasteiger partial charge in [-0.1, -0.05) is 22.9 Å². The first-order valence-corrected chi connectivity index (χ1v) is 8.90. The van der Waals surface area contributed by atoms with Crippen LogP contribution in [-0.2, 0) is 4.79 Å². The molecular formula is C16H24BrNO2S. The molecular weight excluding hydrogens is 350 g/mol. The van der Waals surface area contributed by atoms with Crippen LogP contribution in [-0.4, -0.2) is 28.9 Å². The minimum Gasteiger partial charge on any atom is -0.396 e. The van der Waals surface area contributed by atoms with Crippen LogP contribution in [0.15, 0.2) is 21.5 Å². The van der Waals surface area contributed by atoms with E-state index in [4.69, 9.17) is 5.11 Å². The van der Waals surface area contributed by atoms with Gasteiger partial charge in [-0.3, -0.25) is 4.79 Å². The molecule has 0 radical (unpaired) electrons. The molecule has 118 valence electrons. The highest BCUT2D eigenvalue weighted by atomic mass is 79.9. The molecule has 0 saturated heterocycles. The van der Waals surface area contributed by atoms with Gasteiger partial charge in [0.25, 0.3) is 0 Å². The first-order chi connectivity index (χ1) is 9.81. The van der Waals surface area contributed by atoms with Crippen molar-refractivity contribution in [1.29, 1.82) is 0 Å². The Kier molecular flexibility index (Phi) is 7.24. The molecule has 1 unspecified atom stereocenters. The lowest BCUT2D eigenvalue weighted by Gasteiger charge is -2.29. The van der Waals surface area contributed by atoms with Gasteiger partial charge in [0.2, 0.25) is 5.91 Å². The summed E-state index contributed by atoms with van der Waals surface area (Å²) in [6.07, 6.45) is 1.39. The van der Waals surface area contributed by atoms with Crippen LogP contribution in [0.4, 0.5) is 0 Å². The van der Waals surface area contributed by atoms with Crippen molar-refractivity contribution < 1.29 is 9.90 Å². The molecule has 1 atom stereocenters. The highest BCUT2D eigenvalue weighted by Crippen LogP contribution is 2.28. The van der Waals surface area contributed by atoms with Gasteiger partial charge in [0.15, 0.2) is 0 Å². The largest absolute Gasteiger partial charge is 0.396 e. The quantitative estimate of drug-likeness (QED) is 0.714. The van der Waals surface area contributed by atoms with Gasteiger partial charge >= 0.3 is 0 Å². The number of nitrogens with one attached hydrogen (secondary N) is 1. The van der Waals surface area contributed by atoms with Crippen molar-refractivity contribution in [2.24, 2.45) is 0 Å². The molecule has 0 fully saturated rings. The number of halogens is 1. The van der Waals surface area contributed by atoms with Crippen LogP contribution in [0.5, 0.6) is 0 Å². The monoisotopic (exact) mass is 373 g/mol. The number of benzene rings is 1. The Labute approximate surface area is 140 Å². The number of carbonyl (C=O) groups is 1. The second-order valence-corrected chi connectivity index (χ2v) is 7.46. The molecule has 0 aromatic heterocycles. The van der Waals surface area contributed by atoms with Gasteiger partial charge < -0.3 is 10.4 Å². The van der Waals surface area contributed by atoms with Crippen LogP contribution in [0.2, 0.25) is 0 Å². The van der Waals surface area contributed by atoms with E-state index in [0.717, 1.165) is 15.8 Å². The van der Waals surface area contributed by atoms with Gasteiger partial charge in [-0.15, -0.1) is 11.8 Å². The lowest BCUT2D eigenvalue weighted by atomic mass is 9.95. The van der Waals surface area contributed by atoms with E-state index < -0.39 is 0 Å². The second kappa shape index (κ2) is 8.20. The Morgan fingerprint density at radius 2 is 2.05 bits per heavy atom. The van der Waals surface area contributed by atoms with Gasteiger partial charge in [-0.2, -0.15) is 0 Å². The number of aliphatic hydroxyl groups is 1. The summed E-state index contributed by atoms with van der Waals surface area (Å²) in [6.45, 7) is 8.17. The summed E-state index contributed by atoms with van der Waals surface area (Å²) in [4.78, 5) is 13.2. The SMILES string of the molecule is CCC(C)(CCO)NC(=O)CSc1cc(C)c(Br)cc1C. The van der Waals surface area contributed by atoms with Gasteiger partial charge in [0.1, 0.15) is 0 Å². The van der Waals surface area contributed by atoms with E-state index in [1.165, 1.54) is 11.1 Å². The fraction of sp³-hybridized carbons (Fsp3) is 0.562. The predicted octanol–water partition coefficient (Wildman–Crippen LogP) is 3.83. The number of hydrogen-bond acceptors (Lipinski definition) is 3. The number of carbonyl (C=O) groups excluding carboxylic acids is 1. The van der Waals surface area contributed by atoms with E-state index >= 15 is 0 Å². The third-order valence-electron chi connectivity index (χ3n) is 3.70. The van der Waals surface area contributed by atoms with Gasteiger partial charge in [-0.25, -0.2) is 0 Å². The molecule has 1 amide bonds. The highest BCUT2D eigenvalue weighted by Gasteiger charge is 2.23. The summed E-state index contributed by atoms with van der Waals surface area (Å²) in [7, 11) is 0. The van der Waals surface area contributed by atoms with Crippen LogP contribution in [0.3, 0.4) is 0 Å². The van der Waals surface area contributed by atoms with Crippen molar-refractivity contribution >= 4 is 33.6 Å². The number of aliphatic hydroxyl groups excluding tert-OH is 1. The van der Waals surface area contributed by atoms with Crippen LogP contribution in [0.25, 0.3) is 0 Å². The summed E-state index contributed by atoms with van der Waals surface area (Å²) in [5.41, 5.74) is 2.01. The molecule has 21 heavy (non-hydrogen) atoms. The van der Waals surface area contributed by atoms with Gasteiger partial charge in [-0.05, 0) is 56.9 Å². The third kappa shape index (κ3) is 5.64. The maximum atomic E-state index is 12.1. The fourth-order valence-electron chi connectivity index (χ4n) is 2.00. The van der Waals surface area contributed by atoms with Crippen molar-refractivity contribution in [3.05, 3.63) is 27.7 Å². The molecule has 1 aromatic rings. The normalized spacial score (nSPS) is 13.8. The summed E-state index contributed by atoms with van der Waals surface area (Å²) in [6, 6.07) is 4.18. The molecule has 0 aliphatic rings. The summed E-state index contributed by atoms with van der Waals surface area (Å²) >= 11 is 5.07. The van der Waals surface area contributed by atoms with E-state index in [2.05, 4.69) is 33.4 Å². The Morgan fingerprint density at radius 1 is 1.38 bits per heavy atom. The second-order valence-electron chi connectivity index (χ2n) is 5.59. The van der Waals surface area contributed by atoms with Gasteiger partial charge in [0.05, 0.1) is 5.75 Å². The molecule has 0 spiro atoms. The van der Waals surface area contributed by atoms with E-state index in [-0.39, 0.29) is 18.1 Å². The highest BCUT2D eigenvalue weighted by molar-refractivity contribution is 9.10. The van der Waals surface area contributed by atoms with Crippen molar-refractivity contribution in [3.63, 3.8) is 0 Å². The molecule has 3 nitrogen and oxygen atoms in total. The Morgan fingerprint density at radius 3 is 2.62 bits per heavy atom. The van der Waals surface area contributed by atoms with E-state index in [1.54, 1.807) is 11.8 Å². The first kappa shape index (κ1) is 18.5. The van der Waals surface area contributed by atoms with Crippen LogP contribution < -0.4 is 5.32 Å². The topological polar surface area (TPSA) is 49.3 Å². The van der Waals surface area contributed by atoms with Crippen LogP contribution >= 0.6 is 27.7 Å². The first-order valence-electron chi connectivity index (χ1n) is 7.12. The molecule has 0 heterocycles. The predicted molar refractivity (Wildman–Crippen MR) is 92.9 cm³/mol. The summed E-state index contributed by atoms with van der Waals surface area (Å²) in [5, 5.41) is 12.1. The zero-order chi connectivity index (χ0) is 16.0. The number of aryl methyl sites for hydroxylation is 2. The Bertz CT molecular complexity index is 507. The average molecular weight is 374 g/mol. The average Bonchev–Trinajstić information content (AvgIpc) is 2.41. The van der Waals surface area contributed by atoms with Crippen molar-refractivity contribution in [1.82, 2.24) is 5.32 Å². The molecule has 0 aliphatic heterocycles.